The number of aliphatic hydroxyl groups excluding tert-OH is 2. The van der Waals surface area contributed by atoms with Crippen molar-refractivity contribution in [2.24, 2.45) is 0 Å². The first-order chi connectivity index (χ1) is 5.20. The minimum atomic E-state index is -0.593. The highest BCUT2D eigenvalue weighted by Crippen LogP contribution is 2.06. The van der Waals surface area contributed by atoms with Crippen LogP contribution >= 0.6 is 11.8 Å². The molecule has 0 aliphatic heterocycles. The van der Waals surface area contributed by atoms with E-state index in [1.807, 2.05) is 6.92 Å². The predicted octanol–water partition coefficient (Wildman–Crippen LogP) is 0.108. The Morgan fingerprint density at radius 2 is 2.09 bits per heavy atom. The first-order valence-corrected chi connectivity index (χ1v) is 4.75. The van der Waals surface area contributed by atoms with Crippen molar-refractivity contribution in [2.45, 2.75) is 19.1 Å². The van der Waals surface area contributed by atoms with E-state index in [1.54, 1.807) is 18.9 Å². The maximum Gasteiger partial charge on any atom is 0.0861 e. The summed E-state index contributed by atoms with van der Waals surface area (Å²) in [5.41, 5.74) is 0. The molecule has 0 aliphatic carbocycles. The Hall–Kier alpha value is 0.230. The molecule has 0 aromatic rings. The van der Waals surface area contributed by atoms with Gasteiger partial charge in [0.25, 0.3) is 0 Å². The van der Waals surface area contributed by atoms with Crippen LogP contribution in [0.3, 0.4) is 0 Å². The number of methoxy groups -OCH3 is 1. The molecule has 3 nitrogen and oxygen atoms in total. The molecule has 4 heteroatoms. The molecule has 0 bridgehead atoms. The zero-order chi connectivity index (χ0) is 8.69. The van der Waals surface area contributed by atoms with Gasteiger partial charge in [0.2, 0.25) is 0 Å². The van der Waals surface area contributed by atoms with Gasteiger partial charge in [-0.15, -0.1) is 0 Å². The van der Waals surface area contributed by atoms with E-state index in [-0.39, 0.29) is 12.7 Å². The van der Waals surface area contributed by atoms with Crippen LogP contribution in [0.1, 0.15) is 6.92 Å². The van der Waals surface area contributed by atoms with Crippen LogP contribution in [0.25, 0.3) is 0 Å². The van der Waals surface area contributed by atoms with E-state index in [2.05, 4.69) is 0 Å². The number of hydrogen-bond acceptors (Lipinski definition) is 4. The van der Waals surface area contributed by atoms with E-state index < -0.39 is 6.10 Å². The summed E-state index contributed by atoms with van der Waals surface area (Å²) in [6.07, 6.45) is -0.380. The third kappa shape index (κ3) is 6.62. The van der Waals surface area contributed by atoms with Crippen LogP contribution in [0.15, 0.2) is 0 Å². The van der Waals surface area contributed by atoms with Crippen LogP contribution in [-0.4, -0.2) is 47.6 Å². The smallest absolute Gasteiger partial charge is 0.0861 e. The van der Waals surface area contributed by atoms with Crippen molar-refractivity contribution in [3.63, 3.8) is 0 Å². The topological polar surface area (TPSA) is 49.7 Å². The van der Waals surface area contributed by atoms with Crippen molar-refractivity contribution in [1.82, 2.24) is 0 Å². The largest absolute Gasteiger partial charge is 0.394 e. The molecule has 0 aliphatic rings. The molecule has 11 heavy (non-hydrogen) atoms. The molecule has 0 radical (unpaired) electrons. The molecule has 0 saturated heterocycles. The number of rotatable bonds is 6. The predicted molar refractivity (Wildman–Crippen MR) is 46.9 cm³/mol. The third-order valence-electron chi connectivity index (χ3n) is 1.28. The van der Waals surface area contributed by atoms with Crippen molar-refractivity contribution >= 4 is 11.8 Å². The first-order valence-electron chi connectivity index (χ1n) is 3.60. The van der Waals surface area contributed by atoms with Crippen LogP contribution in [0.2, 0.25) is 0 Å². The Bertz CT molecular complexity index is 79.8. The Labute approximate surface area is 71.8 Å². The second-order valence-electron chi connectivity index (χ2n) is 2.42. The van der Waals surface area contributed by atoms with E-state index >= 15 is 0 Å². The van der Waals surface area contributed by atoms with E-state index in [9.17, 15) is 0 Å². The van der Waals surface area contributed by atoms with E-state index in [0.717, 1.165) is 5.75 Å². The second kappa shape index (κ2) is 6.91. The summed E-state index contributed by atoms with van der Waals surface area (Å²) in [6, 6.07) is 0. The zero-order valence-corrected chi connectivity index (χ0v) is 7.80. The van der Waals surface area contributed by atoms with Crippen LogP contribution in [0.4, 0.5) is 0 Å². The highest BCUT2D eigenvalue weighted by molar-refractivity contribution is 7.99. The minimum Gasteiger partial charge on any atom is -0.394 e. The van der Waals surface area contributed by atoms with E-state index in [0.29, 0.717) is 5.75 Å². The van der Waals surface area contributed by atoms with Crippen molar-refractivity contribution in [3.8, 4) is 0 Å². The molecular weight excluding hydrogens is 164 g/mol. The summed E-state index contributed by atoms with van der Waals surface area (Å²) in [6.45, 7) is 1.81. The Kier molecular flexibility index (Phi) is 7.06. The highest BCUT2D eigenvalue weighted by atomic mass is 32.2. The van der Waals surface area contributed by atoms with Crippen molar-refractivity contribution < 1.29 is 14.9 Å². The molecule has 0 heterocycles. The average molecular weight is 180 g/mol. The second-order valence-corrected chi connectivity index (χ2v) is 3.50. The first kappa shape index (κ1) is 11.2. The molecule has 0 aromatic heterocycles. The van der Waals surface area contributed by atoms with Gasteiger partial charge in [-0.05, 0) is 6.92 Å². The lowest BCUT2D eigenvalue weighted by atomic mass is 10.4. The monoisotopic (exact) mass is 180 g/mol. The Balaban J connectivity index is 3.13. The van der Waals surface area contributed by atoms with E-state index in [1.165, 1.54) is 0 Å². The zero-order valence-electron chi connectivity index (χ0n) is 6.99. The lowest BCUT2D eigenvalue weighted by molar-refractivity contribution is 0.113. The number of hydrogen-bond donors (Lipinski definition) is 2. The van der Waals surface area contributed by atoms with Gasteiger partial charge in [0, 0.05) is 18.6 Å². The summed E-state index contributed by atoms with van der Waals surface area (Å²) < 4.78 is 5.00. The van der Waals surface area contributed by atoms with Gasteiger partial charge in [-0.25, -0.2) is 0 Å². The SMILES string of the molecule is COC(C)CSCC(O)CO. The lowest BCUT2D eigenvalue weighted by Crippen LogP contribution is -2.17. The van der Waals surface area contributed by atoms with Gasteiger partial charge < -0.3 is 14.9 Å². The maximum atomic E-state index is 8.93. The summed E-state index contributed by atoms with van der Waals surface area (Å²) >= 11 is 1.58. The summed E-state index contributed by atoms with van der Waals surface area (Å²) in [5.74, 6) is 1.43. The fourth-order valence-corrected chi connectivity index (χ4v) is 1.47. The van der Waals surface area contributed by atoms with Crippen LogP contribution in [0, 0.1) is 0 Å². The van der Waals surface area contributed by atoms with Gasteiger partial charge in [-0.2, -0.15) is 11.8 Å². The molecule has 2 unspecified atom stereocenters. The standard InChI is InChI=1S/C7H16O3S/c1-6(10-2)4-11-5-7(9)3-8/h6-9H,3-5H2,1-2H3. The molecule has 68 valence electrons. The number of aliphatic hydroxyl groups is 2. The fraction of sp³-hybridized carbons (Fsp3) is 1.00. The Morgan fingerprint density at radius 1 is 1.45 bits per heavy atom. The lowest BCUT2D eigenvalue weighted by Gasteiger charge is -2.10. The summed E-state index contributed by atoms with van der Waals surface area (Å²) in [4.78, 5) is 0. The van der Waals surface area contributed by atoms with Crippen LogP contribution < -0.4 is 0 Å². The summed E-state index contributed by atoms with van der Waals surface area (Å²) in [5, 5.41) is 17.4. The normalized spacial score (nSPS) is 16.4. The molecular formula is C7H16O3S. The third-order valence-corrected chi connectivity index (χ3v) is 2.60. The molecule has 0 rings (SSSR count). The van der Waals surface area contributed by atoms with Gasteiger partial charge in [0.05, 0.1) is 18.8 Å². The van der Waals surface area contributed by atoms with Crippen molar-refractivity contribution in [1.29, 1.82) is 0 Å². The maximum absolute atomic E-state index is 8.93. The molecule has 2 atom stereocenters. The minimum absolute atomic E-state index is 0.158. The van der Waals surface area contributed by atoms with Gasteiger partial charge in [-0.1, -0.05) is 0 Å². The Morgan fingerprint density at radius 3 is 2.55 bits per heavy atom. The molecule has 0 fully saturated rings. The quantitative estimate of drug-likeness (QED) is 0.609. The highest BCUT2D eigenvalue weighted by Gasteiger charge is 2.03. The number of thioether (sulfide) groups is 1. The summed E-state index contributed by atoms with van der Waals surface area (Å²) in [7, 11) is 1.66. The van der Waals surface area contributed by atoms with Gasteiger partial charge in [-0.3, -0.25) is 0 Å². The van der Waals surface area contributed by atoms with Gasteiger partial charge in [0.15, 0.2) is 0 Å². The van der Waals surface area contributed by atoms with Crippen molar-refractivity contribution in [3.05, 3.63) is 0 Å². The van der Waals surface area contributed by atoms with Gasteiger partial charge in [0.1, 0.15) is 0 Å². The van der Waals surface area contributed by atoms with Crippen LogP contribution in [-0.2, 0) is 4.74 Å². The average Bonchev–Trinajstić information content (AvgIpc) is 2.04. The van der Waals surface area contributed by atoms with E-state index in [4.69, 9.17) is 14.9 Å². The van der Waals surface area contributed by atoms with Crippen molar-refractivity contribution in [2.75, 3.05) is 25.2 Å². The molecule has 0 aromatic carbocycles. The fourth-order valence-electron chi connectivity index (χ4n) is 0.491. The van der Waals surface area contributed by atoms with Crippen LogP contribution in [0.5, 0.6) is 0 Å². The van der Waals surface area contributed by atoms with Gasteiger partial charge >= 0.3 is 0 Å². The molecule has 2 N–H and O–H groups in total. The molecule has 0 saturated carbocycles. The number of ether oxygens (including phenoxy) is 1. The molecule has 0 amide bonds. The molecule has 0 spiro atoms.